The second-order valence-corrected chi connectivity index (χ2v) is 8.83. The smallest absolute Gasteiger partial charge is 0.236 e. The molecular formula is C23H35FN4O2. The van der Waals surface area contributed by atoms with Gasteiger partial charge in [-0.3, -0.25) is 19.4 Å². The van der Waals surface area contributed by atoms with E-state index in [1.165, 1.54) is 18.6 Å². The van der Waals surface area contributed by atoms with Crippen molar-refractivity contribution < 1.29 is 14.0 Å². The number of piperidine rings is 1. The number of hydrogen-bond donors (Lipinski definition) is 1. The third-order valence-electron chi connectivity index (χ3n) is 6.11. The molecule has 0 radical (unpaired) electrons. The molecule has 2 aliphatic rings. The minimum Gasteiger partial charge on any atom is -0.348 e. The van der Waals surface area contributed by atoms with Crippen LogP contribution in [-0.2, 0) is 9.59 Å². The number of piperazine rings is 1. The summed E-state index contributed by atoms with van der Waals surface area (Å²) in [5, 5.41) is 3.11. The molecule has 2 aliphatic heterocycles. The number of likely N-dealkylation sites (tertiary alicyclic amines) is 1. The van der Waals surface area contributed by atoms with Gasteiger partial charge in [-0.05, 0) is 42.9 Å². The molecular weight excluding hydrogens is 383 g/mol. The Balaban J connectivity index is 1.42. The molecule has 2 amide bonds. The van der Waals surface area contributed by atoms with E-state index in [0.29, 0.717) is 13.1 Å². The summed E-state index contributed by atoms with van der Waals surface area (Å²) in [6.45, 7) is 9.88. The average Bonchev–Trinajstić information content (AvgIpc) is 2.74. The number of carbonyl (C=O) groups is 2. The summed E-state index contributed by atoms with van der Waals surface area (Å²) < 4.78 is 13.2. The van der Waals surface area contributed by atoms with Gasteiger partial charge in [0.25, 0.3) is 0 Å². The average molecular weight is 419 g/mol. The summed E-state index contributed by atoms with van der Waals surface area (Å²) in [7, 11) is 0. The fourth-order valence-corrected chi connectivity index (χ4v) is 4.27. The molecule has 1 N–H and O–H groups in total. The van der Waals surface area contributed by atoms with Crippen LogP contribution >= 0.6 is 0 Å². The van der Waals surface area contributed by atoms with E-state index in [-0.39, 0.29) is 29.6 Å². The van der Waals surface area contributed by atoms with Crippen LogP contribution in [0, 0.1) is 11.7 Å². The molecule has 3 rings (SSSR count). The lowest BCUT2D eigenvalue weighted by Crippen LogP contribution is -2.52. The van der Waals surface area contributed by atoms with E-state index in [1.54, 1.807) is 12.1 Å². The highest BCUT2D eigenvalue weighted by Crippen LogP contribution is 2.22. The predicted molar refractivity (Wildman–Crippen MR) is 115 cm³/mol. The minimum absolute atomic E-state index is 0.0177. The Bertz CT molecular complexity index is 696. The topological polar surface area (TPSA) is 55.9 Å². The molecule has 6 nitrogen and oxygen atoms in total. The monoisotopic (exact) mass is 418 g/mol. The SMILES string of the molecule is CC(C)[C@H](NC(=O)CN1CCN(CC(=O)N2CCCCC2)CC1)c1ccc(F)cc1. The molecule has 1 aromatic rings. The number of amides is 2. The molecule has 0 saturated carbocycles. The second kappa shape index (κ2) is 10.9. The Labute approximate surface area is 179 Å². The third-order valence-corrected chi connectivity index (χ3v) is 6.11. The van der Waals surface area contributed by atoms with Gasteiger partial charge in [-0.15, -0.1) is 0 Å². The van der Waals surface area contributed by atoms with E-state index in [0.717, 1.165) is 57.7 Å². The van der Waals surface area contributed by atoms with Gasteiger partial charge in [0.1, 0.15) is 5.82 Å². The number of benzene rings is 1. The molecule has 0 aliphatic carbocycles. The first-order chi connectivity index (χ1) is 14.4. The predicted octanol–water partition coefficient (Wildman–Crippen LogP) is 2.27. The molecule has 1 aromatic carbocycles. The van der Waals surface area contributed by atoms with Gasteiger partial charge in [0.15, 0.2) is 0 Å². The molecule has 30 heavy (non-hydrogen) atoms. The Hall–Kier alpha value is -1.99. The highest BCUT2D eigenvalue weighted by molar-refractivity contribution is 5.79. The molecule has 1 atom stereocenters. The van der Waals surface area contributed by atoms with E-state index < -0.39 is 0 Å². The second-order valence-electron chi connectivity index (χ2n) is 8.83. The van der Waals surface area contributed by atoms with Crippen LogP contribution in [0.2, 0.25) is 0 Å². The summed E-state index contributed by atoms with van der Waals surface area (Å²) in [5.41, 5.74) is 0.917. The first kappa shape index (κ1) is 22.7. The van der Waals surface area contributed by atoms with Gasteiger partial charge >= 0.3 is 0 Å². The van der Waals surface area contributed by atoms with Crippen molar-refractivity contribution in [1.29, 1.82) is 0 Å². The first-order valence-corrected chi connectivity index (χ1v) is 11.2. The molecule has 2 fully saturated rings. The van der Waals surface area contributed by atoms with Crippen molar-refractivity contribution >= 4 is 11.8 Å². The molecule has 0 spiro atoms. The standard InChI is InChI=1S/C23H35FN4O2/c1-18(2)23(19-6-8-20(24)9-7-19)25-21(29)16-26-12-14-27(15-13-26)17-22(30)28-10-4-3-5-11-28/h6-9,18,23H,3-5,10-17H2,1-2H3,(H,25,29)/t23-/m0/s1. The van der Waals surface area contributed by atoms with Gasteiger partial charge < -0.3 is 10.2 Å². The lowest BCUT2D eigenvalue weighted by molar-refractivity contribution is -0.134. The Morgan fingerprint density at radius 3 is 2.03 bits per heavy atom. The van der Waals surface area contributed by atoms with Gasteiger partial charge in [-0.25, -0.2) is 4.39 Å². The van der Waals surface area contributed by atoms with E-state index in [1.807, 2.05) is 18.7 Å². The summed E-state index contributed by atoms with van der Waals surface area (Å²) in [5.74, 6) is 0.150. The van der Waals surface area contributed by atoms with Gasteiger partial charge in [0.2, 0.25) is 11.8 Å². The maximum atomic E-state index is 13.2. The molecule has 0 bridgehead atoms. The van der Waals surface area contributed by atoms with E-state index in [2.05, 4.69) is 15.1 Å². The highest BCUT2D eigenvalue weighted by atomic mass is 19.1. The summed E-state index contributed by atoms with van der Waals surface area (Å²) in [4.78, 5) is 31.4. The van der Waals surface area contributed by atoms with E-state index in [4.69, 9.17) is 0 Å². The van der Waals surface area contributed by atoms with Crippen molar-refractivity contribution in [1.82, 2.24) is 20.0 Å². The summed E-state index contributed by atoms with van der Waals surface area (Å²) in [6.07, 6.45) is 3.46. The summed E-state index contributed by atoms with van der Waals surface area (Å²) >= 11 is 0. The maximum absolute atomic E-state index is 13.2. The zero-order chi connectivity index (χ0) is 21.5. The highest BCUT2D eigenvalue weighted by Gasteiger charge is 2.25. The van der Waals surface area contributed by atoms with Crippen LogP contribution in [-0.4, -0.2) is 78.9 Å². The van der Waals surface area contributed by atoms with Crippen LogP contribution in [0.3, 0.4) is 0 Å². The van der Waals surface area contributed by atoms with Crippen molar-refractivity contribution in [2.24, 2.45) is 5.92 Å². The quantitative estimate of drug-likeness (QED) is 0.738. The largest absolute Gasteiger partial charge is 0.348 e. The Morgan fingerprint density at radius 2 is 1.47 bits per heavy atom. The number of hydrogen-bond acceptors (Lipinski definition) is 4. The normalized spacial score (nSPS) is 19.7. The lowest BCUT2D eigenvalue weighted by atomic mass is 9.96. The Kier molecular flexibility index (Phi) is 8.22. The van der Waals surface area contributed by atoms with E-state index in [9.17, 15) is 14.0 Å². The van der Waals surface area contributed by atoms with E-state index >= 15 is 0 Å². The van der Waals surface area contributed by atoms with Crippen LogP contribution < -0.4 is 5.32 Å². The lowest BCUT2D eigenvalue weighted by Gasteiger charge is -2.36. The maximum Gasteiger partial charge on any atom is 0.236 e. The minimum atomic E-state index is -0.274. The zero-order valence-corrected chi connectivity index (χ0v) is 18.3. The van der Waals surface area contributed by atoms with Crippen LogP contribution in [0.15, 0.2) is 24.3 Å². The number of nitrogens with one attached hydrogen (secondary N) is 1. The van der Waals surface area contributed by atoms with Crippen LogP contribution in [0.25, 0.3) is 0 Å². The number of nitrogens with zero attached hydrogens (tertiary/aromatic N) is 3. The fourth-order valence-electron chi connectivity index (χ4n) is 4.27. The molecule has 0 aromatic heterocycles. The van der Waals surface area contributed by atoms with Crippen molar-refractivity contribution in [3.05, 3.63) is 35.6 Å². The Morgan fingerprint density at radius 1 is 0.900 bits per heavy atom. The van der Waals surface area contributed by atoms with Crippen molar-refractivity contribution in [3.8, 4) is 0 Å². The van der Waals surface area contributed by atoms with Crippen LogP contribution in [0.1, 0.15) is 44.7 Å². The van der Waals surface area contributed by atoms with Crippen molar-refractivity contribution in [2.75, 3.05) is 52.4 Å². The van der Waals surface area contributed by atoms with Gasteiger partial charge in [0.05, 0.1) is 19.1 Å². The number of carbonyl (C=O) groups excluding carboxylic acids is 2. The number of halogens is 1. The first-order valence-electron chi connectivity index (χ1n) is 11.2. The van der Waals surface area contributed by atoms with Crippen LogP contribution in [0.4, 0.5) is 4.39 Å². The molecule has 7 heteroatoms. The van der Waals surface area contributed by atoms with Crippen molar-refractivity contribution in [2.45, 2.75) is 39.2 Å². The van der Waals surface area contributed by atoms with Gasteiger partial charge in [-0.2, -0.15) is 0 Å². The molecule has 166 valence electrons. The zero-order valence-electron chi connectivity index (χ0n) is 18.3. The van der Waals surface area contributed by atoms with Gasteiger partial charge in [0, 0.05) is 39.3 Å². The third kappa shape index (κ3) is 6.51. The molecule has 2 saturated heterocycles. The van der Waals surface area contributed by atoms with Gasteiger partial charge in [-0.1, -0.05) is 26.0 Å². The van der Waals surface area contributed by atoms with Crippen molar-refractivity contribution in [3.63, 3.8) is 0 Å². The fraction of sp³-hybridized carbons (Fsp3) is 0.652. The summed E-state index contributed by atoms with van der Waals surface area (Å²) in [6, 6.07) is 6.20. The molecule has 2 heterocycles. The van der Waals surface area contributed by atoms with Crippen LogP contribution in [0.5, 0.6) is 0 Å². The number of rotatable bonds is 7. The molecule has 0 unspecified atom stereocenters.